The van der Waals surface area contributed by atoms with Gasteiger partial charge in [0.15, 0.2) is 11.5 Å². The third-order valence-corrected chi connectivity index (χ3v) is 3.40. The predicted molar refractivity (Wildman–Crippen MR) is 85.3 cm³/mol. The van der Waals surface area contributed by atoms with Gasteiger partial charge in [-0.3, -0.25) is 4.79 Å². The standard InChI is InChI=1S/C17H20N4O/c1-2-3-5-10-16(22)20-17-15(11-18)19-13-21(17)12-14-8-6-4-7-9-14/h4,6-9,13H,2-3,5,10,12H2,1H3,(H,20,22). The maximum atomic E-state index is 12.0. The Labute approximate surface area is 130 Å². The van der Waals surface area contributed by atoms with Gasteiger partial charge in [-0.15, -0.1) is 0 Å². The molecule has 0 saturated carbocycles. The smallest absolute Gasteiger partial charge is 0.225 e. The molecular weight excluding hydrogens is 276 g/mol. The fraction of sp³-hybridized carbons (Fsp3) is 0.353. The number of imidazole rings is 1. The molecule has 0 atom stereocenters. The van der Waals surface area contributed by atoms with Crippen molar-refractivity contribution < 1.29 is 4.79 Å². The van der Waals surface area contributed by atoms with Crippen molar-refractivity contribution >= 4 is 11.7 Å². The van der Waals surface area contributed by atoms with E-state index in [1.807, 2.05) is 36.4 Å². The van der Waals surface area contributed by atoms with Crippen molar-refractivity contribution in [2.24, 2.45) is 0 Å². The molecule has 1 N–H and O–H groups in total. The van der Waals surface area contributed by atoms with Crippen molar-refractivity contribution in [2.75, 3.05) is 5.32 Å². The number of nitriles is 1. The van der Waals surface area contributed by atoms with Crippen LogP contribution < -0.4 is 5.32 Å². The highest BCUT2D eigenvalue weighted by atomic mass is 16.1. The van der Waals surface area contributed by atoms with Crippen molar-refractivity contribution in [2.45, 2.75) is 39.2 Å². The summed E-state index contributed by atoms with van der Waals surface area (Å²) in [5.74, 6) is 0.410. The first-order valence-corrected chi connectivity index (χ1v) is 7.53. The molecule has 5 heteroatoms. The van der Waals surface area contributed by atoms with E-state index in [9.17, 15) is 4.79 Å². The van der Waals surface area contributed by atoms with E-state index in [2.05, 4.69) is 17.2 Å². The van der Waals surface area contributed by atoms with Crippen LogP contribution in [-0.4, -0.2) is 15.5 Å². The summed E-state index contributed by atoms with van der Waals surface area (Å²) in [5.41, 5.74) is 1.34. The summed E-state index contributed by atoms with van der Waals surface area (Å²) in [6, 6.07) is 11.9. The van der Waals surface area contributed by atoms with Crippen LogP contribution in [0.3, 0.4) is 0 Å². The van der Waals surface area contributed by atoms with Crippen molar-refractivity contribution in [3.8, 4) is 6.07 Å². The summed E-state index contributed by atoms with van der Waals surface area (Å²) in [6.45, 7) is 2.67. The van der Waals surface area contributed by atoms with Gasteiger partial charge in [0, 0.05) is 6.42 Å². The number of hydrogen-bond donors (Lipinski definition) is 1. The lowest BCUT2D eigenvalue weighted by Gasteiger charge is -2.10. The first-order valence-electron chi connectivity index (χ1n) is 7.53. The number of hydrogen-bond acceptors (Lipinski definition) is 3. The molecule has 5 nitrogen and oxygen atoms in total. The topological polar surface area (TPSA) is 70.7 Å². The molecule has 2 aromatic rings. The average Bonchev–Trinajstić information content (AvgIpc) is 2.90. The second-order valence-corrected chi connectivity index (χ2v) is 5.17. The maximum Gasteiger partial charge on any atom is 0.225 e. The van der Waals surface area contributed by atoms with Gasteiger partial charge in [0.25, 0.3) is 0 Å². The van der Waals surface area contributed by atoms with E-state index in [-0.39, 0.29) is 11.6 Å². The molecule has 114 valence electrons. The van der Waals surface area contributed by atoms with Crippen LogP contribution in [0.15, 0.2) is 36.7 Å². The molecule has 0 spiro atoms. The second-order valence-electron chi connectivity index (χ2n) is 5.17. The van der Waals surface area contributed by atoms with Gasteiger partial charge >= 0.3 is 0 Å². The monoisotopic (exact) mass is 296 g/mol. The van der Waals surface area contributed by atoms with Crippen LogP contribution in [-0.2, 0) is 11.3 Å². The maximum absolute atomic E-state index is 12.0. The molecule has 0 aliphatic rings. The van der Waals surface area contributed by atoms with E-state index in [4.69, 9.17) is 5.26 Å². The minimum absolute atomic E-state index is 0.0697. The number of carbonyl (C=O) groups is 1. The van der Waals surface area contributed by atoms with Crippen LogP contribution in [0.5, 0.6) is 0 Å². The lowest BCUT2D eigenvalue weighted by molar-refractivity contribution is -0.116. The number of anilines is 1. The highest BCUT2D eigenvalue weighted by Gasteiger charge is 2.13. The lowest BCUT2D eigenvalue weighted by atomic mass is 10.2. The largest absolute Gasteiger partial charge is 0.312 e. The highest BCUT2D eigenvalue weighted by Crippen LogP contribution is 2.16. The quantitative estimate of drug-likeness (QED) is 0.797. The molecule has 0 bridgehead atoms. The normalized spacial score (nSPS) is 10.2. The summed E-state index contributed by atoms with van der Waals surface area (Å²) in [5, 5.41) is 12.0. The van der Waals surface area contributed by atoms with E-state index in [0.29, 0.717) is 18.8 Å². The zero-order chi connectivity index (χ0) is 15.8. The summed E-state index contributed by atoms with van der Waals surface area (Å²) < 4.78 is 1.80. The van der Waals surface area contributed by atoms with E-state index in [1.165, 1.54) is 0 Å². The summed E-state index contributed by atoms with van der Waals surface area (Å²) in [6.07, 6.45) is 5.02. The van der Waals surface area contributed by atoms with Gasteiger partial charge < -0.3 is 9.88 Å². The zero-order valence-electron chi connectivity index (χ0n) is 12.7. The molecule has 2 rings (SSSR count). The number of nitrogens with one attached hydrogen (secondary N) is 1. The van der Waals surface area contributed by atoms with Gasteiger partial charge in [-0.25, -0.2) is 4.98 Å². The number of nitrogens with zero attached hydrogens (tertiary/aromatic N) is 3. The Kier molecular flexibility index (Phi) is 5.73. The van der Waals surface area contributed by atoms with Crippen LogP contribution in [0.25, 0.3) is 0 Å². The fourth-order valence-electron chi connectivity index (χ4n) is 2.23. The van der Waals surface area contributed by atoms with Crippen LogP contribution >= 0.6 is 0 Å². The van der Waals surface area contributed by atoms with Gasteiger partial charge in [0.1, 0.15) is 6.07 Å². The molecule has 0 aliphatic heterocycles. The van der Waals surface area contributed by atoms with E-state index in [0.717, 1.165) is 24.8 Å². The van der Waals surface area contributed by atoms with Gasteiger partial charge in [0.2, 0.25) is 5.91 Å². The molecule has 0 radical (unpaired) electrons. The van der Waals surface area contributed by atoms with Crippen molar-refractivity contribution in [1.82, 2.24) is 9.55 Å². The minimum atomic E-state index is -0.0697. The molecule has 1 amide bonds. The number of unbranched alkanes of at least 4 members (excludes halogenated alkanes) is 2. The zero-order valence-corrected chi connectivity index (χ0v) is 12.7. The molecule has 1 aromatic heterocycles. The molecule has 0 fully saturated rings. The van der Waals surface area contributed by atoms with Crippen LogP contribution in [0, 0.1) is 11.3 Å². The van der Waals surface area contributed by atoms with Crippen LogP contribution in [0.2, 0.25) is 0 Å². The van der Waals surface area contributed by atoms with Crippen molar-refractivity contribution in [3.63, 3.8) is 0 Å². The van der Waals surface area contributed by atoms with Gasteiger partial charge in [-0.1, -0.05) is 50.1 Å². The van der Waals surface area contributed by atoms with Crippen molar-refractivity contribution in [1.29, 1.82) is 5.26 Å². The second kappa shape index (κ2) is 7.99. The number of carbonyl (C=O) groups excluding carboxylic acids is 1. The van der Waals surface area contributed by atoms with E-state index < -0.39 is 0 Å². The Hall–Kier alpha value is -2.61. The molecule has 0 unspecified atom stereocenters. The molecule has 22 heavy (non-hydrogen) atoms. The molecule has 1 heterocycles. The molecule has 1 aromatic carbocycles. The minimum Gasteiger partial charge on any atom is -0.312 e. The van der Waals surface area contributed by atoms with Gasteiger partial charge in [-0.05, 0) is 12.0 Å². The Bertz CT molecular complexity index is 655. The number of benzene rings is 1. The third-order valence-electron chi connectivity index (χ3n) is 3.40. The Balaban J connectivity index is 2.10. The van der Waals surface area contributed by atoms with Gasteiger partial charge in [-0.2, -0.15) is 5.26 Å². The fourth-order valence-corrected chi connectivity index (χ4v) is 2.23. The number of rotatable bonds is 7. The molecular formula is C17H20N4O. The highest BCUT2D eigenvalue weighted by molar-refractivity contribution is 5.90. The Morgan fingerprint density at radius 2 is 2.09 bits per heavy atom. The van der Waals surface area contributed by atoms with E-state index >= 15 is 0 Å². The van der Waals surface area contributed by atoms with Crippen LogP contribution in [0.1, 0.15) is 43.9 Å². The summed E-state index contributed by atoms with van der Waals surface area (Å²) >= 11 is 0. The molecule has 0 aliphatic carbocycles. The lowest BCUT2D eigenvalue weighted by Crippen LogP contribution is -2.15. The third kappa shape index (κ3) is 4.19. The van der Waals surface area contributed by atoms with Gasteiger partial charge in [0.05, 0.1) is 12.9 Å². The Morgan fingerprint density at radius 1 is 1.32 bits per heavy atom. The summed E-state index contributed by atoms with van der Waals surface area (Å²) in [4.78, 5) is 16.1. The van der Waals surface area contributed by atoms with Crippen LogP contribution in [0.4, 0.5) is 5.82 Å². The first-order chi connectivity index (χ1) is 10.7. The predicted octanol–water partition coefficient (Wildman–Crippen LogP) is 3.32. The molecule has 0 saturated heterocycles. The Morgan fingerprint density at radius 3 is 2.77 bits per heavy atom. The SMILES string of the molecule is CCCCCC(=O)Nc1c(C#N)ncn1Cc1ccccc1. The van der Waals surface area contributed by atoms with E-state index in [1.54, 1.807) is 10.9 Å². The number of aromatic nitrogens is 2. The summed E-state index contributed by atoms with van der Waals surface area (Å²) in [7, 11) is 0. The average molecular weight is 296 g/mol. The first kappa shape index (κ1) is 15.8. The number of amides is 1. The van der Waals surface area contributed by atoms with Crippen molar-refractivity contribution in [3.05, 3.63) is 47.9 Å².